The van der Waals surface area contributed by atoms with Gasteiger partial charge < -0.3 is 14.8 Å². The van der Waals surface area contributed by atoms with Crippen LogP contribution in [0.4, 0.5) is 0 Å². The second-order valence-electron chi connectivity index (χ2n) is 5.53. The molecule has 1 heterocycles. The zero-order valence-corrected chi connectivity index (χ0v) is 14.3. The number of nitrogens with one attached hydrogen (secondary N) is 1. The van der Waals surface area contributed by atoms with Crippen LogP contribution in [0.2, 0.25) is 0 Å². The van der Waals surface area contributed by atoms with E-state index in [-0.39, 0.29) is 12.4 Å². The predicted molar refractivity (Wildman–Crippen MR) is 88.9 cm³/mol. The lowest BCUT2D eigenvalue weighted by Gasteiger charge is -2.32. The lowest BCUT2D eigenvalue weighted by Crippen LogP contribution is -2.40. The molecule has 0 aromatic heterocycles. The Bertz CT molecular complexity index is 448. The van der Waals surface area contributed by atoms with E-state index in [0.717, 1.165) is 31.1 Å². The molecule has 1 aromatic rings. The Morgan fingerprint density at radius 3 is 2.29 bits per heavy atom. The molecule has 1 fully saturated rings. The van der Waals surface area contributed by atoms with Crippen molar-refractivity contribution in [1.29, 1.82) is 0 Å². The molecule has 2 rings (SSSR count). The molecule has 0 spiro atoms. The van der Waals surface area contributed by atoms with Gasteiger partial charge in [0.1, 0.15) is 0 Å². The van der Waals surface area contributed by atoms with Crippen LogP contribution in [0, 0.1) is 6.92 Å². The summed E-state index contributed by atoms with van der Waals surface area (Å²) in [7, 11) is 5.58. The molecule has 0 bridgehead atoms. The summed E-state index contributed by atoms with van der Waals surface area (Å²) >= 11 is 0. The molecule has 4 nitrogen and oxygen atoms in total. The normalized spacial score (nSPS) is 15.7. The zero-order valence-electron chi connectivity index (χ0n) is 13.4. The van der Waals surface area contributed by atoms with E-state index < -0.39 is 0 Å². The van der Waals surface area contributed by atoms with Gasteiger partial charge in [0, 0.05) is 12.6 Å². The van der Waals surface area contributed by atoms with Gasteiger partial charge in [-0.25, -0.2) is 0 Å². The SMILES string of the molecule is COc1cc(C)c(CN(C)C2CCNCC2)cc1OC.Cl. The number of ether oxygens (including phenoxy) is 2. The Morgan fingerprint density at radius 1 is 1.14 bits per heavy atom. The molecule has 0 aliphatic carbocycles. The third-order valence-electron chi connectivity index (χ3n) is 4.19. The largest absolute Gasteiger partial charge is 0.493 e. The van der Waals surface area contributed by atoms with E-state index in [1.807, 2.05) is 0 Å². The molecule has 5 heteroatoms. The van der Waals surface area contributed by atoms with Crippen molar-refractivity contribution in [3.63, 3.8) is 0 Å². The Labute approximate surface area is 134 Å². The topological polar surface area (TPSA) is 33.7 Å². The van der Waals surface area contributed by atoms with Crippen molar-refractivity contribution in [2.45, 2.75) is 32.4 Å². The first-order chi connectivity index (χ1) is 9.65. The van der Waals surface area contributed by atoms with Crippen molar-refractivity contribution in [1.82, 2.24) is 10.2 Å². The van der Waals surface area contributed by atoms with Gasteiger partial charge in [-0.3, -0.25) is 4.90 Å². The summed E-state index contributed by atoms with van der Waals surface area (Å²) in [6.45, 7) is 5.34. The molecule has 0 saturated carbocycles. The molecule has 21 heavy (non-hydrogen) atoms. The van der Waals surface area contributed by atoms with Crippen LogP contribution < -0.4 is 14.8 Å². The van der Waals surface area contributed by atoms with Crippen LogP contribution in [0.25, 0.3) is 0 Å². The number of nitrogens with zero attached hydrogens (tertiary/aromatic N) is 1. The third-order valence-corrected chi connectivity index (χ3v) is 4.19. The van der Waals surface area contributed by atoms with Crippen LogP contribution in [0.5, 0.6) is 11.5 Å². The lowest BCUT2D eigenvalue weighted by atomic mass is 10.0. The van der Waals surface area contributed by atoms with Gasteiger partial charge in [0.2, 0.25) is 0 Å². The number of benzene rings is 1. The van der Waals surface area contributed by atoms with E-state index >= 15 is 0 Å². The number of rotatable bonds is 5. The van der Waals surface area contributed by atoms with Crippen molar-refractivity contribution < 1.29 is 9.47 Å². The average molecular weight is 315 g/mol. The molecular formula is C16H27ClN2O2. The van der Waals surface area contributed by atoms with E-state index in [0.29, 0.717) is 6.04 Å². The number of hydrogen-bond donors (Lipinski definition) is 1. The highest BCUT2D eigenvalue weighted by Gasteiger charge is 2.19. The first-order valence-corrected chi connectivity index (χ1v) is 7.28. The smallest absolute Gasteiger partial charge is 0.161 e. The summed E-state index contributed by atoms with van der Waals surface area (Å²) < 4.78 is 10.8. The molecule has 0 atom stereocenters. The highest BCUT2D eigenvalue weighted by atomic mass is 35.5. The Hall–Kier alpha value is -0.970. The van der Waals surface area contributed by atoms with Crippen LogP contribution in [-0.2, 0) is 6.54 Å². The van der Waals surface area contributed by atoms with Gasteiger partial charge >= 0.3 is 0 Å². The van der Waals surface area contributed by atoms with Crippen molar-refractivity contribution in [3.8, 4) is 11.5 Å². The number of hydrogen-bond acceptors (Lipinski definition) is 4. The second kappa shape index (κ2) is 8.47. The number of methoxy groups -OCH3 is 2. The van der Waals surface area contributed by atoms with Crippen molar-refractivity contribution >= 4 is 12.4 Å². The van der Waals surface area contributed by atoms with E-state index in [9.17, 15) is 0 Å². The first-order valence-electron chi connectivity index (χ1n) is 7.28. The quantitative estimate of drug-likeness (QED) is 0.906. The number of aryl methyl sites for hydroxylation is 1. The van der Waals surface area contributed by atoms with Gasteiger partial charge in [0.15, 0.2) is 11.5 Å². The molecule has 0 unspecified atom stereocenters. The number of piperidine rings is 1. The predicted octanol–water partition coefficient (Wildman–Crippen LogP) is 2.62. The van der Waals surface area contributed by atoms with Gasteiger partial charge in [-0.2, -0.15) is 0 Å². The highest BCUT2D eigenvalue weighted by molar-refractivity contribution is 5.85. The average Bonchev–Trinajstić information content (AvgIpc) is 2.49. The van der Waals surface area contributed by atoms with E-state index in [4.69, 9.17) is 9.47 Å². The molecular weight excluding hydrogens is 288 g/mol. The maximum Gasteiger partial charge on any atom is 0.161 e. The van der Waals surface area contributed by atoms with Crippen molar-refractivity contribution in [3.05, 3.63) is 23.3 Å². The van der Waals surface area contributed by atoms with Crippen LogP contribution >= 0.6 is 12.4 Å². The fourth-order valence-corrected chi connectivity index (χ4v) is 2.84. The summed E-state index contributed by atoms with van der Waals surface area (Å²) in [6, 6.07) is 4.83. The Morgan fingerprint density at radius 2 is 1.71 bits per heavy atom. The summed E-state index contributed by atoms with van der Waals surface area (Å²) in [5.41, 5.74) is 2.56. The van der Waals surface area contributed by atoms with Gasteiger partial charge in [-0.05, 0) is 63.2 Å². The maximum absolute atomic E-state index is 5.41. The van der Waals surface area contributed by atoms with Gasteiger partial charge in [0.05, 0.1) is 14.2 Å². The van der Waals surface area contributed by atoms with Crippen molar-refractivity contribution in [2.24, 2.45) is 0 Å². The van der Waals surface area contributed by atoms with E-state index in [2.05, 4.69) is 36.3 Å². The van der Waals surface area contributed by atoms with Gasteiger partial charge in [-0.1, -0.05) is 0 Å². The lowest BCUT2D eigenvalue weighted by molar-refractivity contribution is 0.191. The molecule has 1 aromatic carbocycles. The Kier molecular flexibility index (Phi) is 7.29. The van der Waals surface area contributed by atoms with Crippen LogP contribution in [0.15, 0.2) is 12.1 Å². The monoisotopic (exact) mass is 314 g/mol. The minimum Gasteiger partial charge on any atom is -0.493 e. The molecule has 1 saturated heterocycles. The van der Waals surface area contributed by atoms with Crippen molar-refractivity contribution in [2.75, 3.05) is 34.4 Å². The molecule has 1 N–H and O–H groups in total. The summed E-state index contributed by atoms with van der Waals surface area (Å²) in [5.74, 6) is 1.62. The highest BCUT2D eigenvalue weighted by Crippen LogP contribution is 2.31. The van der Waals surface area contributed by atoms with Gasteiger partial charge in [0.25, 0.3) is 0 Å². The minimum absolute atomic E-state index is 0. The fraction of sp³-hybridized carbons (Fsp3) is 0.625. The van der Waals surface area contributed by atoms with Gasteiger partial charge in [-0.15, -0.1) is 12.4 Å². The summed E-state index contributed by atoms with van der Waals surface area (Å²) in [6.07, 6.45) is 2.45. The molecule has 120 valence electrons. The molecule has 1 aliphatic rings. The standard InChI is InChI=1S/C16H26N2O2.ClH/c1-12-9-15(19-3)16(20-4)10-13(12)11-18(2)14-5-7-17-8-6-14;/h9-10,14,17H,5-8,11H2,1-4H3;1H. The van der Waals surface area contributed by atoms with Crippen LogP contribution in [0.3, 0.4) is 0 Å². The second-order valence-corrected chi connectivity index (χ2v) is 5.53. The minimum atomic E-state index is 0. The maximum atomic E-state index is 5.41. The third kappa shape index (κ3) is 4.50. The molecule has 1 aliphatic heterocycles. The zero-order chi connectivity index (χ0) is 14.5. The summed E-state index contributed by atoms with van der Waals surface area (Å²) in [4.78, 5) is 2.45. The van der Waals surface area contributed by atoms with E-state index in [1.54, 1.807) is 14.2 Å². The van der Waals surface area contributed by atoms with E-state index in [1.165, 1.54) is 24.0 Å². The van der Waals surface area contributed by atoms with Crippen LogP contribution in [-0.4, -0.2) is 45.3 Å². The van der Waals surface area contributed by atoms with Crippen LogP contribution in [0.1, 0.15) is 24.0 Å². The molecule has 0 radical (unpaired) electrons. The first kappa shape index (κ1) is 18.1. The fourth-order valence-electron chi connectivity index (χ4n) is 2.84. The summed E-state index contributed by atoms with van der Waals surface area (Å²) in [5, 5.41) is 3.41. The Balaban J connectivity index is 0.00000220. The molecule has 0 amide bonds. The number of halogens is 1.